The van der Waals surface area contributed by atoms with Crippen molar-refractivity contribution < 1.29 is 20.1 Å². The first-order valence-corrected chi connectivity index (χ1v) is 9.57. The lowest BCUT2D eigenvalue weighted by Crippen LogP contribution is -2.47. The van der Waals surface area contributed by atoms with Crippen LogP contribution in [0.3, 0.4) is 0 Å². The molecule has 2 aliphatic rings. The fraction of sp³-hybridized carbons (Fsp3) is 0.591. The van der Waals surface area contributed by atoms with Gasteiger partial charge in [-0.1, -0.05) is 45.8 Å². The number of phenols is 3. The number of phenolic OH excluding ortho intramolecular Hbond substituents is 3. The lowest BCUT2D eigenvalue weighted by molar-refractivity contribution is -0.00534. The molecule has 2 aliphatic carbocycles. The van der Waals surface area contributed by atoms with E-state index in [1.807, 2.05) is 6.08 Å². The minimum absolute atomic E-state index is 0.0424. The summed E-state index contributed by atoms with van der Waals surface area (Å²) in [4.78, 5) is 11.2. The van der Waals surface area contributed by atoms with Gasteiger partial charge in [0.2, 0.25) is 0 Å². The number of carbonyl (C=O) groups is 1. The first-order valence-electron chi connectivity index (χ1n) is 9.57. The smallest absolute Gasteiger partial charge is 0.171 e. The largest absolute Gasteiger partial charge is 0.506 e. The average Bonchev–Trinajstić information content (AvgIpc) is 2.55. The Balaban J connectivity index is 2.15. The van der Waals surface area contributed by atoms with E-state index >= 15 is 0 Å². The molecule has 0 unspecified atom stereocenters. The molecular weight excluding hydrogens is 328 g/mol. The molecule has 0 aliphatic heterocycles. The van der Waals surface area contributed by atoms with Gasteiger partial charge in [0, 0.05) is 5.56 Å². The van der Waals surface area contributed by atoms with Gasteiger partial charge in [0.05, 0.1) is 0 Å². The maximum atomic E-state index is 11.2. The summed E-state index contributed by atoms with van der Waals surface area (Å²) in [5, 5.41) is 30.2. The summed E-state index contributed by atoms with van der Waals surface area (Å²) >= 11 is 0. The first kappa shape index (κ1) is 18.8. The Hall–Kier alpha value is -1.97. The zero-order valence-corrected chi connectivity index (χ0v) is 16.2. The van der Waals surface area contributed by atoms with Crippen molar-refractivity contribution in [2.24, 2.45) is 22.7 Å². The van der Waals surface area contributed by atoms with Crippen molar-refractivity contribution in [1.82, 2.24) is 0 Å². The maximum absolute atomic E-state index is 11.2. The SMILES string of the molecule is C[C@H]1CC[C@@H]2C(C)(C)CCC[C@]2(C)C1=Cc1cc(O)c(O)c(C=O)c1O. The Morgan fingerprint density at radius 2 is 1.77 bits per heavy atom. The van der Waals surface area contributed by atoms with Gasteiger partial charge in [-0.3, -0.25) is 4.79 Å². The number of aldehydes is 1. The molecule has 0 aromatic heterocycles. The molecule has 0 spiro atoms. The normalized spacial score (nSPS) is 32.2. The standard InChI is InChI=1S/C22H30O4/c1-13-6-7-18-21(2,3)8-5-9-22(18,4)16(13)10-14-11-17(24)20(26)15(12-23)19(14)25/h10-13,18,24-26H,5-9H2,1-4H3/t13-,18+,22+/m0/s1. The number of carbonyl (C=O) groups excluding carboxylic acids is 1. The molecule has 4 nitrogen and oxygen atoms in total. The summed E-state index contributed by atoms with van der Waals surface area (Å²) in [5.74, 6) is -0.273. The molecule has 26 heavy (non-hydrogen) atoms. The molecule has 0 saturated heterocycles. The molecule has 1 aromatic carbocycles. The lowest BCUT2D eigenvalue weighted by atomic mass is 9.48. The van der Waals surface area contributed by atoms with Gasteiger partial charge in [-0.25, -0.2) is 0 Å². The van der Waals surface area contributed by atoms with Gasteiger partial charge in [0.25, 0.3) is 0 Å². The summed E-state index contributed by atoms with van der Waals surface area (Å²) in [6.07, 6.45) is 8.15. The number of benzene rings is 1. The van der Waals surface area contributed by atoms with E-state index in [9.17, 15) is 20.1 Å². The molecule has 0 heterocycles. The van der Waals surface area contributed by atoms with E-state index < -0.39 is 5.75 Å². The Kier molecular flexibility index (Phi) is 4.58. The molecule has 0 amide bonds. The molecule has 142 valence electrons. The molecule has 2 saturated carbocycles. The second kappa shape index (κ2) is 6.33. The average molecular weight is 358 g/mol. The number of aromatic hydroxyl groups is 3. The zero-order valence-electron chi connectivity index (χ0n) is 16.2. The molecular formula is C22H30O4. The highest BCUT2D eigenvalue weighted by atomic mass is 16.3. The summed E-state index contributed by atoms with van der Waals surface area (Å²) in [6.45, 7) is 9.26. The number of hydrogen-bond donors (Lipinski definition) is 3. The molecule has 3 N–H and O–H groups in total. The maximum Gasteiger partial charge on any atom is 0.171 e. The van der Waals surface area contributed by atoms with E-state index in [2.05, 4.69) is 27.7 Å². The third-order valence-corrected chi connectivity index (χ3v) is 7.06. The van der Waals surface area contributed by atoms with Crippen LogP contribution < -0.4 is 0 Å². The summed E-state index contributed by atoms with van der Waals surface area (Å²) < 4.78 is 0. The van der Waals surface area contributed by atoms with E-state index in [1.165, 1.54) is 30.9 Å². The minimum atomic E-state index is -0.570. The molecule has 0 bridgehead atoms. The fourth-order valence-corrected chi connectivity index (χ4v) is 5.70. The summed E-state index contributed by atoms with van der Waals surface area (Å²) in [6, 6.07) is 1.35. The van der Waals surface area contributed by atoms with Crippen molar-refractivity contribution in [2.75, 3.05) is 0 Å². The number of fused-ring (bicyclic) bond motifs is 1. The van der Waals surface area contributed by atoms with Gasteiger partial charge >= 0.3 is 0 Å². The van der Waals surface area contributed by atoms with Crippen molar-refractivity contribution in [3.63, 3.8) is 0 Å². The van der Waals surface area contributed by atoms with Gasteiger partial charge in [0.15, 0.2) is 17.8 Å². The van der Waals surface area contributed by atoms with E-state index in [0.29, 0.717) is 23.7 Å². The Morgan fingerprint density at radius 3 is 2.42 bits per heavy atom. The van der Waals surface area contributed by atoms with Crippen molar-refractivity contribution in [2.45, 2.75) is 59.8 Å². The Morgan fingerprint density at radius 1 is 1.08 bits per heavy atom. The zero-order chi connectivity index (χ0) is 19.3. The molecule has 1 aromatic rings. The van der Waals surface area contributed by atoms with E-state index in [-0.39, 0.29) is 27.9 Å². The molecule has 3 rings (SSSR count). The Labute approximate surface area is 155 Å². The van der Waals surface area contributed by atoms with Crippen LogP contribution in [0.2, 0.25) is 0 Å². The predicted octanol–water partition coefficient (Wildman–Crippen LogP) is 5.26. The van der Waals surface area contributed by atoms with Crippen LogP contribution in [0.4, 0.5) is 0 Å². The van der Waals surface area contributed by atoms with Crippen molar-refractivity contribution in [3.8, 4) is 17.2 Å². The number of hydrogen-bond acceptors (Lipinski definition) is 4. The van der Waals surface area contributed by atoms with Crippen molar-refractivity contribution in [1.29, 1.82) is 0 Å². The van der Waals surface area contributed by atoms with Gasteiger partial charge in [-0.05, 0) is 54.4 Å². The van der Waals surface area contributed by atoms with Crippen LogP contribution in [0, 0.1) is 22.7 Å². The van der Waals surface area contributed by atoms with Crippen LogP contribution in [-0.2, 0) is 0 Å². The van der Waals surface area contributed by atoms with Gasteiger partial charge in [0.1, 0.15) is 11.3 Å². The monoisotopic (exact) mass is 358 g/mol. The van der Waals surface area contributed by atoms with Gasteiger partial charge in [-0.2, -0.15) is 0 Å². The second-order valence-corrected chi connectivity index (χ2v) is 9.10. The van der Waals surface area contributed by atoms with Crippen LogP contribution in [0.1, 0.15) is 75.7 Å². The minimum Gasteiger partial charge on any atom is -0.506 e. The fourth-order valence-electron chi connectivity index (χ4n) is 5.70. The van der Waals surface area contributed by atoms with Crippen LogP contribution in [0.5, 0.6) is 17.2 Å². The van der Waals surface area contributed by atoms with E-state index in [0.717, 1.165) is 12.8 Å². The molecule has 2 fully saturated rings. The Bertz CT molecular complexity index is 762. The summed E-state index contributed by atoms with van der Waals surface area (Å²) in [7, 11) is 0. The van der Waals surface area contributed by atoms with Crippen LogP contribution >= 0.6 is 0 Å². The topological polar surface area (TPSA) is 77.8 Å². The molecule has 0 radical (unpaired) electrons. The van der Waals surface area contributed by atoms with Crippen LogP contribution in [-0.4, -0.2) is 21.6 Å². The molecule has 4 heteroatoms. The van der Waals surface area contributed by atoms with Crippen molar-refractivity contribution >= 4 is 12.4 Å². The second-order valence-electron chi connectivity index (χ2n) is 9.10. The third kappa shape index (κ3) is 2.80. The predicted molar refractivity (Wildman–Crippen MR) is 102 cm³/mol. The number of allylic oxidation sites excluding steroid dienone is 1. The summed E-state index contributed by atoms with van der Waals surface area (Å²) in [5.41, 5.74) is 1.74. The third-order valence-electron chi connectivity index (χ3n) is 7.06. The van der Waals surface area contributed by atoms with Crippen LogP contribution in [0.25, 0.3) is 6.08 Å². The lowest BCUT2D eigenvalue weighted by Gasteiger charge is -2.56. The molecule has 3 atom stereocenters. The van der Waals surface area contributed by atoms with Gasteiger partial charge < -0.3 is 15.3 Å². The first-order chi connectivity index (χ1) is 12.1. The van der Waals surface area contributed by atoms with Gasteiger partial charge in [-0.15, -0.1) is 0 Å². The van der Waals surface area contributed by atoms with Crippen LogP contribution in [0.15, 0.2) is 11.6 Å². The van der Waals surface area contributed by atoms with E-state index in [4.69, 9.17) is 0 Å². The highest BCUT2D eigenvalue weighted by Gasteiger charge is 2.51. The van der Waals surface area contributed by atoms with Crippen molar-refractivity contribution in [3.05, 3.63) is 22.8 Å². The number of rotatable bonds is 2. The highest BCUT2D eigenvalue weighted by molar-refractivity contribution is 5.88. The highest BCUT2D eigenvalue weighted by Crippen LogP contribution is 2.61. The quantitative estimate of drug-likeness (QED) is 0.383. The van der Waals surface area contributed by atoms with E-state index in [1.54, 1.807) is 0 Å².